The maximum atomic E-state index is 12.1. The summed E-state index contributed by atoms with van der Waals surface area (Å²) >= 11 is 1.23. The van der Waals surface area contributed by atoms with Crippen LogP contribution in [0.5, 0.6) is 0 Å². The molecule has 1 fully saturated rings. The van der Waals surface area contributed by atoms with E-state index in [4.69, 9.17) is 4.74 Å². The third-order valence-corrected chi connectivity index (χ3v) is 6.66. The number of nitrogens with one attached hydrogen (secondary N) is 1. The number of hydrogen-bond acceptors (Lipinski definition) is 5. The van der Waals surface area contributed by atoms with Gasteiger partial charge in [-0.2, -0.15) is 0 Å². The largest absolute Gasteiger partial charge is 0.371 e. The van der Waals surface area contributed by atoms with Crippen LogP contribution in [-0.2, 0) is 14.8 Å². The van der Waals surface area contributed by atoms with Crippen LogP contribution in [0.2, 0.25) is 0 Å². The Labute approximate surface area is 140 Å². The zero-order valence-corrected chi connectivity index (χ0v) is 14.4. The van der Waals surface area contributed by atoms with Crippen molar-refractivity contribution in [3.8, 4) is 0 Å². The lowest BCUT2D eigenvalue weighted by Gasteiger charge is -2.33. The molecule has 5 nitrogen and oxygen atoms in total. The summed E-state index contributed by atoms with van der Waals surface area (Å²) in [5.41, 5.74) is 1.16. The summed E-state index contributed by atoms with van der Waals surface area (Å²) in [7, 11) is -3.37. The SMILES string of the molecule is O=S(=O)(NCCN1CCO[C@H](c2ccccc2)C1)c1cccs1. The summed E-state index contributed by atoms with van der Waals surface area (Å²) in [6, 6.07) is 13.5. The van der Waals surface area contributed by atoms with Crippen molar-refractivity contribution in [2.75, 3.05) is 32.8 Å². The molecule has 124 valence electrons. The van der Waals surface area contributed by atoms with Gasteiger partial charge in [-0.25, -0.2) is 13.1 Å². The van der Waals surface area contributed by atoms with E-state index in [2.05, 4.69) is 21.8 Å². The van der Waals surface area contributed by atoms with Crippen molar-refractivity contribution in [1.29, 1.82) is 0 Å². The van der Waals surface area contributed by atoms with E-state index in [0.29, 0.717) is 23.9 Å². The van der Waals surface area contributed by atoms with Crippen LogP contribution >= 0.6 is 11.3 Å². The Morgan fingerprint density at radius 1 is 1.22 bits per heavy atom. The molecule has 0 aliphatic carbocycles. The number of benzene rings is 1. The normalized spacial score (nSPS) is 19.7. The second kappa shape index (κ2) is 7.55. The van der Waals surface area contributed by atoms with Crippen molar-refractivity contribution in [3.05, 3.63) is 53.4 Å². The van der Waals surface area contributed by atoms with Crippen LogP contribution in [0.4, 0.5) is 0 Å². The molecule has 0 amide bonds. The second-order valence-electron chi connectivity index (χ2n) is 5.40. The van der Waals surface area contributed by atoms with Crippen molar-refractivity contribution in [1.82, 2.24) is 9.62 Å². The molecule has 2 heterocycles. The molecule has 1 aliphatic heterocycles. The van der Waals surface area contributed by atoms with Crippen LogP contribution in [0.3, 0.4) is 0 Å². The lowest BCUT2D eigenvalue weighted by atomic mass is 10.1. The monoisotopic (exact) mass is 352 g/mol. The molecule has 1 N–H and O–H groups in total. The van der Waals surface area contributed by atoms with Gasteiger partial charge >= 0.3 is 0 Å². The molecule has 0 saturated carbocycles. The van der Waals surface area contributed by atoms with E-state index in [1.165, 1.54) is 11.3 Å². The first-order valence-corrected chi connectivity index (χ1v) is 9.93. The fourth-order valence-corrected chi connectivity index (χ4v) is 4.66. The molecule has 0 radical (unpaired) electrons. The van der Waals surface area contributed by atoms with Gasteiger partial charge in [0, 0.05) is 26.2 Å². The van der Waals surface area contributed by atoms with Gasteiger partial charge < -0.3 is 4.74 Å². The van der Waals surface area contributed by atoms with Gasteiger partial charge in [0.1, 0.15) is 4.21 Å². The smallest absolute Gasteiger partial charge is 0.250 e. The quantitative estimate of drug-likeness (QED) is 0.865. The number of ether oxygens (including phenoxy) is 1. The Morgan fingerprint density at radius 2 is 2.04 bits per heavy atom. The molecular formula is C16H20N2O3S2. The third kappa shape index (κ3) is 4.39. The van der Waals surface area contributed by atoms with E-state index < -0.39 is 10.0 Å². The zero-order valence-electron chi connectivity index (χ0n) is 12.7. The fraction of sp³-hybridized carbons (Fsp3) is 0.375. The van der Waals surface area contributed by atoms with Gasteiger partial charge in [0.25, 0.3) is 0 Å². The van der Waals surface area contributed by atoms with Crippen molar-refractivity contribution in [2.24, 2.45) is 0 Å². The second-order valence-corrected chi connectivity index (χ2v) is 8.34. The van der Waals surface area contributed by atoms with Gasteiger partial charge in [-0.3, -0.25) is 4.90 Å². The number of hydrogen-bond donors (Lipinski definition) is 1. The van der Waals surface area contributed by atoms with Crippen LogP contribution in [0.25, 0.3) is 0 Å². The van der Waals surface area contributed by atoms with Gasteiger partial charge in [-0.1, -0.05) is 36.4 Å². The van der Waals surface area contributed by atoms with Gasteiger partial charge in [0.15, 0.2) is 0 Å². The van der Waals surface area contributed by atoms with Gasteiger partial charge in [0.05, 0.1) is 12.7 Å². The van der Waals surface area contributed by atoms with Crippen molar-refractivity contribution < 1.29 is 13.2 Å². The molecule has 0 unspecified atom stereocenters. The lowest BCUT2D eigenvalue weighted by Crippen LogP contribution is -2.42. The molecule has 3 rings (SSSR count). The summed E-state index contributed by atoms with van der Waals surface area (Å²) in [5.74, 6) is 0. The molecule has 0 spiro atoms. The standard InChI is InChI=1S/C16H20N2O3S2/c19-23(20,16-7-4-12-22-16)17-8-9-18-10-11-21-15(13-18)14-5-2-1-3-6-14/h1-7,12,15,17H,8-11,13H2/t15-/m0/s1. The van der Waals surface area contributed by atoms with Crippen molar-refractivity contribution in [3.63, 3.8) is 0 Å². The van der Waals surface area contributed by atoms with E-state index in [1.54, 1.807) is 17.5 Å². The maximum Gasteiger partial charge on any atom is 0.250 e. The maximum absolute atomic E-state index is 12.1. The van der Waals surface area contributed by atoms with Crippen LogP contribution in [0, 0.1) is 0 Å². The van der Waals surface area contributed by atoms with E-state index >= 15 is 0 Å². The van der Waals surface area contributed by atoms with E-state index in [1.807, 2.05) is 18.2 Å². The Balaban J connectivity index is 1.51. The number of morpholine rings is 1. The number of rotatable bonds is 6. The highest BCUT2D eigenvalue weighted by Crippen LogP contribution is 2.21. The molecule has 0 bridgehead atoms. The Bertz CT molecular complexity index is 702. The Kier molecular flexibility index (Phi) is 5.45. The highest BCUT2D eigenvalue weighted by molar-refractivity contribution is 7.91. The molecule has 1 saturated heterocycles. The van der Waals surface area contributed by atoms with Gasteiger partial charge in [0.2, 0.25) is 10.0 Å². The van der Waals surface area contributed by atoms with Crippen molar-refractivity contribution >= 4 is 21.4 Å². The number of sulfonamides is 1. The average molecular weight is 352 g/mol. The van der Waals surface area contributed by atoms with Gasteiger partial charge in [-0.05, 0) is 17.0 Å². The first kappa shape index (κ1) is 16.6. The minimum Gasteiger partial charge on any atom is -0.371 e. The van der Waals surface area contributed by atoms with Crippen molar-refractivity contribution in [2.45, 2.75) is 10.3 Å². The van der Waals surface area contributed by atoms with Crippen LogP contribution in [0.1, 0.15) is 11.7 Å². The minimum absolute atomic E-state index is 0.0545. The molecule has 7 heteroatoms. The molecule has 2 aromatic rings. The molecule has 23 heavy (non-hydrogen) atoms. The van der Waals surface area contributed by atoms with Crippen LogP contribution in [-0.4, -0.2) is 46.1 Å². The highest BCUT2D eigenvalue weighted by atomic mass is 32.2. The highest BCUT2D eigenvalue weighted by Gasteiger charge is 2.22. The number of nitrogens with zero attached hydrogens (tertiary/aromatic N) is 1. The molecule has 1 aromatic heterocycles. The predicted molar refractivity (Wildman–Crippen MR) is 91.1 cm³/mol. The van der Waals surface area contributed by atoms with E-state index in [-0.39, 0.29) is 6.10 Å². The minimum atomic E-state index is -3.37. The molecule has 1 atom stereocenters. The Morgan fingerprint density at radius 3 is 2.78 bits per heavy atom. The van der Waals surface area contributed by atoms with Crippen LogP contribution < -0.4 is 4.72 Å². The fourth-order valence-electron chi connectivity index (χ4n) is 2.60. The first-order valence-electron chi connectivity index (χ1n) is 7.57. The van der Waals surface area contributed by atoms with Crippen LogP contribution in [0.15, 0.2) is 52.1 Å². The predicted octanol–water partition coefficient (Wildman–Crippen LogP) is 2.10. The lowest BCUT2D eigenvalue weighted by molar-refractivity contribution is -0.0291. The third-order valence-electron chi connectivity index (χ3n) is 3.80. The summed E-state index contributed by atoms with van der Waals surface area (Å²) in [5, 5.41) is 1.76. The molecule has 1 aromatic carbocycles. The molecule has 1 aliphatic rings. The molecular weight excluding hydrogens is 332 g/mol. The summed E-state index contributed by atoms with van der Waals surface area (Å²) in [6.07, 6.45) is 0.0545. The first-order chi connectivity index (χ1) is 11.1. The van der Waals surface area contributed by atoms with Gasteiger partial charge in [-0.15, -0.1) is 11.3 Å². The topological polar surface area (TPSA) is 58.6 Å². The summed E-state index contributed by atoms with van der Waals surface area (Å²) in [6.45, 7) is 3.35. The zero-order chi connectivity index (χ0) is 16.1. The van der Waals surface area contributed by atoms with E-state index in [0.717, 1.165) is 18.7 Å². The Hall–Kier alpha value is -1.25. The number of thiophene rings is 1. The summed E-state index contributed by atoms with van der Waals surface area (Å²) < 4.78 is 33.0. The average Bonchev–Trinajstić information content (AvgIpc) is 3.11. The van der Waals surface area contributed by atoms with E-state index in [9.17, 15) is 8.42 Å². The summed E-state index contributed by atoms with van der Waals surface area (Å²) in [4.78, 5) is 2.23.